The lowest BCUT2D eigenvalue weighted by Crippen LogP contribution is -2.27. The van der Waals surface area contributed by atoms with Gasteiger partial charge in [-0.2, -0.15) is 0 Å². The van der Waals surface area contributed by atoms with Gasteiger partial charge in [0.05, 0.1) is 10.6 Å². The van der Waals surface area contributed by atoms with Crippen molar-refractivity contribution in [2.45, 2.75) is 19.9 Å². The van der Waals surface area contributed by atoms with E-state index in [1.807, 2.05) is 24.3 Å². The quantitative estimate of drug-likeness (QED) is 0.824. The highest BCUT2D eigenvalue weighted by Crippen LogP contribution is 2.21. The number of halogens is 2. The maximum atomic E-state index is 13.8. The van der Waals surface area contributed by atoms with Crippen LogP contribution in [0.1, 0.15) is 28.4 Å². The molecule has 0 saturated carbocycles. The summed E-state index contributed by atoms with van der Waals surface area (Å²) < 4.78 is 13.8. The third kappa shape index (κ3) is 3.61. The van der Waals surface area contributed by atoms with Crippen LogP contribution in [-0.4, -0.2) is 17.9 Å². The molecule has 0 spiro atoms. The summed E-state index contributed by atoms with van der Waals surface area (Å²) in [5.41, 5.74) is 2.16. The fraction of sp³-hybridized carbons (Fsp3) is 0.235. The first-order chi connectivity index (χ1) is 10.0. The Balaban J connectivity index is 2.15. The molecule has 4 heteroatoms. The minimum Gasteiger partial charge on any atom is -0.337 e. The molecule has 0 unspecified atom stereocenters. The smallest absolute Gasteiger partial charge is 0.258 e. The third-order valence-electron chi connectivity index (χ3n) is 3.37. The minimum atomic E-state index is -0.597. The first kappa shape index (κ1) is 15.5. The van der Waals surface area contributed by atoms with E-state index in [1.54, 1.807) is 7.05 Å². The second kappa shape index (κ2) is 6.72. The van der Waals surface area contributed by atoms with Gasteiger partial charge >= 0.3 is 0 Å². The topological polar surface area (TPSA) is 20.3 Å². The van der Waals surface area contributed by atoms with E-state index in [-0.39, 0.29) is 10.6 Å². The zero-order valence-corrected chi connectivity index (χ0v) is 12.8. The Morgan fingerprint density at radius 3 is 2.33 bits per heavy atom. The van der Waals surface area contributed by atoms with Crippen molar-refractivity contribution in [1.29, 1.82) is 0 Å². The highest BCUT2D eigenvalue weighted by Gasteiger charge is 2.19. The molecule has 1 amide bonds. The van der Waals surface area contributed by atoms with Gasteiger partial charge in [0.1, 0.15) is 5.82 Å². The van der Waals surface area contributed by atoms with E-state index in [1.165, 1.54) is 28.7 Å². The number of nitrogens with zero attached hydrogens (tertiary/aromatic N) is 1. The van der Waals surface area contributed by atoms with Crippen molar-refractivity contribution in [1.82, 2.24) is 4.90 Å². The van der Waals surface area contributed by atoms with Crippen molar-refractivity contribution in [2.24, 2.45) is 0 Å². The van der Waals surface area contributed by atoms with Crippen molar-refractivity contribution in [3.8, 4) is 0 Å². The number of carbonyl (C=O) groups is 1. The lowest BCUT2D eigenvalue weighted by Gasteiger charge is -2.18. The van der Waals surface area contributed by atoms with Gasteiger partial charge in [-0.1, -0.05) is 48.9 Å². The molecule has 0 radical (unpaired) electrons. The van der Waals surface area contributed by atoms with Crippen LogP contribution in [-0.2, 0) is 13.0 Å². The Morgan fingerprint density at radius 2 is 1.76 bits per heavy atom. The number of aryl methyl sites for hydroxylation is 1. The molecular weight excluding hydrogens is 289 g/mol. The van der Waals surface area contributed by atoms with Crippen LogP contribution in [0, 0.1) is 5.82 Å². The van der Waals surface area contributed by atoms with Crippen molar-refractivity contribution in [3.05, 3.63) is 70.0 Å². The van der Waals surface area contributed by atoms with Gasteiger partial charge < -0.3 is 4.90 Å². The van der Waals surface area contributed by atoms with Crippen LogP contribution in [0.2, 0.25) is 5.02 Å². The summed E-state index contributed by atoms with van der Waals surface area (Å²) in [7, 11) is 1.64. The van der Waals surface area contributed by atoms with E-state index >= 15 is 0 Å². The molecule has 0 bridgehead atoms. The van der Waals surface area contributed by atoms with Crippen LogP contribution < -0.4 is 0 Å². The molecule has 0 N–H and O–H groups in total. The zero-order chi connectivity index (χ0) is 15.4. The van der Waals surface area contributed by atoms with Crippen LogP contribution in [0.5, 0.6) is 0 Å². The van der Waals surface area contributed by atoms with Gasteiger partial charge in [-0.05, 0) is 29.7 Å². The fourth-order valence-electron chi connectivity index (χ4n) is 2.12. The molecule has 0 aliphatic carbocycles. The summed E-state index contributed by atoms with van der Waals surface area (Å²) in [5.74, 6) is -1.02. The van der Waals surface area contributed by atoms with Crippen molar-refractivity contribution < 1.29 is 9.18 Å². The van der Waals surface area contributed by atoms with Crippen molar-refractivity contribution >= 4 is 17.5 Å². The van der Waals surface area contributed by atoms with Gasteiger partial charge in [-0.15, -0.1) is 0 Å². The van der Waals surface area contributed by atoms with E-state index in [9.17, 15) is 9.18 Å². The summed E-state index contributed by atoms with van der Waals surface area (Å²) in [6.07, 6.45) is 0.972. The summed E-state index contributed by atoms with van der Waals surface area (Å²) >= 11 is 5.92. The average Bonchev–Trinajstić information content (AvgIpc) is 2.47. The Kier molecular flexibility index (Phi) is 4.97. The Labute approximate surface area is 129 Å². The molecule has 110 valence electrons. The van der Waals surface area contributed by atoms with Crippen LogP contribution >= 0.6 is 11.6 Å². The molecule has 2 aromatic rings. The number of rotatable bonds is 4. The van der Waals surface area contributed by atoms with E-state index < -0.39 is 11.7 Å². The Bertz CT molecular complexity index is 619. The number of hydrogen-bond donors (Lipinski definition) is 0. The fourth-order valence-corrected chi connectivity index (χ4v) is 2.36. The molecule has 21 heavy (non-hydrogen) atoms. The lowest BCUT2D eigenvalue weighted by atomic mass is 10.1. The van der Waals surface area contributed by atoms with Crippen LogP contribution in [0.15, 0.2) is 42.5 Å². The van der Waals surface area contributed by atoms with Crippen molar-refractivity contribution in [3.63, 3.8) is 0 Å². The molecular formula is C17H17ClFNO. The standard InChI is InChI=1S/C17H17ClFNO/c1-3-12-7-9-13(10-8-12)11-20(2)17(21)16-14(18)5-4-6-15(16)19/h4-10H,3,11H2,1-2H3. The molecule has 0 fully saturated rings. The van der Waals surface area contributed by atoms with Crippen molar-refractivity contribution in [2.75, 3.05) is 7.05 Å². The van der Waals surface area contributed by atoms with E-state index in [4.69, 9.17) is 11.6 Å². The molecule has 0 aromatic heterocycles. The van der Waals surface area contributed by atoms with Gasteiger partial charge in [0.15, 0.2) is 0 Å². The normalized spacial score (nSPS) is 10.5. The zero-order valence-electron chi connectivity index (χ0n) is 12.1. The monoisotopic (exact) mass is 305 g/mol. The van der Waals surface area contributed by atoms with Gasteiger partial charge in [-0.3, -0.25) is 4.79 Å². The van der Waals surface area contributed by atoms with Gasteiger partial charge in [0.2, 0.25) is 0 Å². The van der Waals surface area contributed by atoms with E-state index in [0.29, 0.717) is 6.54 Å². The maximum absolute atomic E-state index is 13.8. The van der Waals surface area contributed by atoms with E-state index in [0.717, 1.165) is 12.0 Å². The Morgan fingerprint density at radius 1 is 1.14 bits per heavy atom. The second-order valence-electron chi connectivity index (χ2n) is 4.93. The molecule has 0 saturated heterocycles. The van der Waals surface area contributed by atoms with Crippen LogP contribution in [0.3, 0.4) is 0 Å². The number of benzene rings is 2. The predicted molar refractivity (Wildman–Crippen MR) is 83.0 cm³/mol. The largest absolute Gasteiger partial charge is 0.337 e. The Hall–Kier alpha value is -1.87. The molecule has 0 aliphatic rings. The molecule has 2 aromatic carbocycles. The number of amides is 1. The SMILES string of the molecule is CCc1ccc(CN(C)C(=O)c2c(F)cccc2Cl)cc1. The lowest BCUT2D eigenvalue weighted by molar-refractivity contribution is 0.0780. The minimum absolute atomic E-state index is 0.0770. The molecule has 0 aliphatic heterocycles. The summed E-state index contributed by atoms with van der Waals surface area (Å²) in [6, 6.07) is 12.3. The van der Waals surface area contributed by atoms with Gasteiger partial charge in [0, 0.05) is 13.6 Å². The van der Waals surface area contributed by atoms with Crippen LogP contribution in [0.25, 0.3) is 0 Å². The molecule has 2 nitrogen and oxygen atoms in total. The highest BCUT2D eigenvalue weighted by atomic mass is 35.5. The van der Waals surface area contributed by atoms with Gasteiger partial charge in [-0.25, -0.2) is 4.39 Å². The van der Waals surface area contributed by atoms with Gasteiger partial charge in [0.25, 0.3) is 5.91 Å². The first-order valence-corrected chi connectivity index (χ1v) is 7.18. The highest BCUT2D eigenvalue weighted by molar-refractivity contribution is 6.33. The summed E-state index contributed by atoms with van der Waals surface area (Å²) in [6.45, 7) is 2.50. The average molecular weight is 306 g/mol. The second-order valence-corrected chi connectivity index (χ2v) is 5.34. The number of carbonyl (C=O) groups excluding carboxylic acids is 1. The summed E-state index contributed by atoms with van der Waals surface area (Å²) in [5, 5.41) is 0.133. The third-order valence-corrected chi connectivity index (χ3v) is 3.69. The maximum Gasteiger partial charge on any atom is 0.258 e. The molecule has 0 atom stereocenters. The number of hydrogen-bond acceptors (Lipinski definition) is 1. The molecule has 0 heterocycles. The van der Waals surface area contributed by atoms with E-state index in [2.05, 4.69) is 6.92 Å². The summed E-state index contributed by atoms with van der Waals surface area (Å²) in [4.78, 5) is 13.8. The predicted octanol–water partition coefficient (Wildman–Crippen LogP) is 4.31. The molecule has 2 rings (SSSR count). The first-order valence-electron chi connectivity index (χ1n) is 6.80. The van der Waals surface area contributed by atoms with Crippen LogP contribution in [0.4, 0.5) is 4.39 Å².